The van der Waals surface area contributed by atoms with Gasteiger partial charge in [-0.2, -0.15) is 4.72 Å². The molecule has 0 bridgehead atoms. The molecule has 0 heterocycles. The van der Waals surface area contributed by atoms with Gasteiger partial charge in [0.1, 0.15) is 6.04 Å². The Balaban J connectivity index is 2.10. The molecule has 0 saturated heterocycles. The maximum Gasteiger partial charge on any atom is 0.323 e. The van der Waals surface area contributed by atoms with Crippen molar-refractivity contribution in [2.45, 2.75) is 38.1 Å². The smallest absolute Gasteiger partial charge is 0.323 e. The van der Waals surface area contributed by atoms with Gasteiger partial charge in [-0.05, 0) is 37.5 Å². The number of amides is 1. The van der Waals surface area contributed by atoms with Crippen LogP contribution in [0.2, 0.25) is 0 Å². The zero-order valence-corrected chi connectivity index (χ0v) is 16.8. The molecule has 8 heteroatoms. The van der Waals surface area contributed by atoms with Crippen molar-refractivity contribution in [3.05, 3.63) is 64.7 Å². The Kier molecular flexibility index (Phi) is 6.93. The molecule has 0 spiro atoms. The van der Waals surface area contributed by atoms with Gasteiger partial charge in [0.05, 0.1) is 11.3 Å². The van der Waals surface area contributed by atoms with E-state index in [1.807, 2.05) is 13.0 Å². The van der Waals surface area contributed by atoms with Gasteiger partial charge in [-0.1, -0.05) is 48.0 Å². The van der Waals surface area contributed by atoms with Crippen LogP contribution in [0.5, 0.6) is 0 Å². The van der Waals surface area contributed by atoms with Gasteiger partial charge in [0.15, 0.2) is 0 Å². The summed E-state index contributed by atoms with van der Waals surface area (Å²) in [6.07, 6.45) is 0.0795. The Morgan fingerprint density at radius 2 is 1.61 bits per heavy atom. The van der Waals surface area contributed by atoms with Crippen LogP contribution in [0, 0.1) is 20.8 Å². The highest BCUT2D eigenvalue weighted by Gasteiger charge is 2.28. The number of carboxylic acid groups (broad SMARTS) is 1. The van der Waals surface area contributed by atoms with E-state index in [0.29, 0.717) is 11.1 Å². The van der Waals surface area contributed by atoms with Crippen LogP contribution in [0.1, 0.15) is 22.3 Å². The van der Waals surface area contributed by atoms with Gasteiger partial charge in [0.2, 0.25) is 15.9 Å². The average molecular weight is 404 g/mol. The molecule has 0 aliphatic carbocycles. The van der Waals surface area contributed by atoms with Crippen molar-refractivity contribution in [3.8, 4) is 0 Å². The first kappa shape index (κ1) is 21.6. The Morgan fingerprint density at radius 3 is 2.14 bits per heavy atom. The average Bonchev–Trinajstić information content (AvgIpc) is 2.58. The van der Waals surface area contributed by atoms with Crippen LogP contribution in [-0.4, -0.2) is 38.0 Å². The summed E-state index contributed by atoms with van der Waals surface area (Å²) in [6.45, 7) is 4.81. The van der Waals surface area contributed by atoms with Crippen molar-refractivity contribution < 1.29 is 23.1 Å². The van der Waals surface area contributed by atoms with E-state index < -0.39 is 22.0 Å². The molecule has 0 aliphatic rings. The topological polar surface area (TPSA) is 113 Å². The number of hydrogen-bond donors (Lipinski definition) is 3. The van der Waals surface area contributed by atoms with Crippen molar-refractivity contribution in [3.63, 3.8) is 0 Å². The fraction of sp³-hybridized carbons (Fsp3) is 0.300. The van der Waals surface area contributed by atoms with Gasteiger partial charge in [-0.3, -0.25) is 9.59 Å². The van der Waals surface area contributed by atoms with Crippen LogP contribution in [0.25, 0.3) is 0 Å². The number of nitrogens with one attached hydrogen (secondary N) is 2. The van der Waals surface area contributed by atoms with Gasteiger partial charge in [-0.25, -0.2) is 8.42 Å². The molecule has 2 aromatic rings. The van der Waals surface area contributed by atoms with E-state index >= 15 is 0 Å². The van der Waals surface area contributed by atoms with Crippen molar-refractivity contribution in [2.24, 2.45) is 0 Å². The predicted octanol–water partition coefficient (Wildman–Crippen LogP) is 1.70. The van der Waals surface area contributed by atoms with Gasteiger partial charge in [-0.15, -0.1) is 0 Å². The van der Waals surface area contributed by atoms with Crippen LogP contribution in [0.3, 0.4) is 0 Å². The predicted molar refractivity (Wildman–Crippen MR) is 106 cm³/mol. The Hall–Kier alpha value is -2.71. The first-order valence-corrected chi connectivity index (χ1v) is 10.2. The van der Waals surface area contributed by atoms with E-state index in [1.165, 1.54) is 0 Å². The normalized spacial score (nSPS) is 12.4. The molecule has 1 atom stereocenters. The first-order valence-electron chi connectivity index (χ1n) is 8.74. The Morgan fingerprint density at radius 1 is 1.04 bits per heavy atom. The fourth-order valence-corrected chi connectivity index (χ4v) is 4.72. The maximum absolute atomic E-state index is 12.7. The molecular formula is C20H24N2O5S. The van der Waals surface area contributed by atoms with E-state index in [1.54, 1.807) is 50.2 Å². The summed E-state index contributed by atoms with van der Waals surface area (Å²) in [4.78, 5) is 23.6. The molecule has 7 nitrogen and oxygen atoms in total. The SMILES string of the molecule is Cc1cc(C)c(S(=O)(=O)N[C@H](CNC(=O)Cc2ccccc2)C(=O)O)c(C)c1. The molecule has 28 heavy (non-hydrogen) atoms. The third-order valence-corrected chi connectivity index (χ3v) is 5.96. The Bertz CT molecular complexity index is 948. The number of carbonyl (C=O) groups is 2. The summed E-state index contributed by atoms with van der Waals surface area (Å²) in [6, 6.07) is 10.9. The molecule has 0 aliphatic heterocycles. The molecule has 3 N–H and O–H groups in total. The molecule has 0 fully saturated rings. The second-order valence-electron chi connectivity index (χ2n) is 6.71. The minimum atomic E-state index is -4.07. The van der Waals surface area contributed by atoms with E-state index in [4.69, 9.17) is 0 Å². The van der Waals surface area contributed by atoms with Crippen LogP contribution in [0.4, 0.5) is 0 Å². The minimum Gasteiger partial charge on any atom is -0.480 e. The first-order chi connectivity index (χ1) is 13.1. The zero-order chi connectivity index (χ0) is 20.9. The molecule has 2 aromatic carbocycles. The fourth-order valence-electron chi connectivity index (χ4n) is 3.08. The molecule has 0 radical (unpaired) electrons. The number of carbonyl (C=O) groups excluding carboxylic acids is 1. The van der Waals surface area contributed by atoms with Crippen LogP contribution < -0.4 is 10.0 Å². The van der Waals surface area contributed by atoms with Gasteiger partial charge in [0, 0.05) is 6.54 Å². The summed E-state index contributed by atoms with van der Waals surface area (Å²) >= 11 is 0. The highest BCUT2D eigenvalue weighted by atomic mass is 32.2. The van der Waals surface area contributed by atoms with Gasteiger partial charge < -0.3 is 10.4 Å². The van der Waals surface area contributed by atoms with Crippen LogP contribution >= 0.6 is 0 Å². The number of carboxylic acids is 1. The summed E-state index contributed by atoms with van der Waals surface area (Å²) < 4.78 is 27.7. The summed E-state index contributed by atoms with van der Waals surface area (Å²) in [5, 5.41) is 11.9. The van der Waals surface area contributed by atoms with E-state index in [-0.39, 0.29) is 23.8 Å². The standard InChI is InChI=1S/C20H24N2O5S/c1-13-9-14(2)19(15(3)10-13)28(26,27)22-17(20(24)25)12-21-18(23)11-16-7-5-4-6-8-16/h4-10,17,22H,11-12H2,1-3H3,(H,21,23)(H,24,25)/t17-/m1/s1. The van der Waals surface area contributed by atoms with Gasteiger partial charge in [0.25, 0.3) is 0 Å². The zero-order valence-electron chi connectivity index (χ0n) is 16.0. The van der Waals surface area contributed by atoms with E-state index in [0.717, 1.165) is 11.1 Å². The molecule has 0 unspecified atom stereocenters. The monoisotopic (exact) mass is 404 g/mol. The molecule has 150 valence electrons. The van der Waals surface area contributed by atoms with Crippen LogP contribution in [-0.2, 0) is 26.0 Å². The van der Waals surface area contributed by atoms with E-state index in [9.17, 15) is 23.1 Å². The molecule has 1 amide bonds. The highest BCUT2D eigenvalue weighted by Crippen LogP contribution is 2.21. The molecule has 2 rings (SSSR count). The van der Waals surface area contributed by atoms with Crippen molar-refractivity contribution in [2.75, 3.05) is 6.54 Å². The number of benzene rings is 2. The second kappa shape index (κ2) is 8.99. The maximum atomic E-state index is 12.7. The summed E-state index contributed by atoms with van der Waals surface area (Å²) in [7, 11) is -4.07. The number of sulfonamides is 1. The third kappa shape index (κ3) is 5.64. The quantitative estimate of drug-likeness (QED) is 0.620. The lowest BCUT2D eigenvalue weighted by molar-refractivity contribution is -0.138. The molecular weight excluding hydrogens is 380 g/mol. The van der Waals surface area contributed by atoms with Crippen molar-refractivity contribution in [1.29, 1.82) is 0 Å². The largest absolute Gasteiger partial charge is 0.480 e. The lowest BCUT2D eigenvalue weighted by atomic mass is 10.1. The van der Waals surface area contributed by atoms with Crippen LogP contribution in [0.15, 0.2) is 47.4 Å². The number of hydrogen-bond acceptors (Lipinski definition) is 4. The lowest BCUT2D eigenvalue weighted by Crippen LogP contribution is -2.48. The number of aliphatic carboxylic acids is 1. The number of aryl methyl sites for hydroxylation is 3. The highest BCUT2D eigenvalue weighted by molar-refractivity contribution is 7.89. The number of rotatable bonds is 8. The van der Waals surface area contributed by atoms with E-state index in [2.05, 4.69) is 10.0 Å². The summed E-state index contributed by atoms with van der Waals surface area (Å²) in [5.41, 5.74) is 2.75. The van der Waals surface area contributed by atoms with Crippen molar-refractivity contribution >= 4 is 21.9 Å². The second-order valence-corrected chi connectivity index (χ2v) is 8.36. The lowest BCUT2D eigenvalue weighted by Gasteiger charge is -2.18. The van der Waals surface area contributed by atoms with Crippen molar-refractivity contribution in [1.82, 2.24) is 10.0 Å². The molecule has 0 aromatic heterocycles. The minimum absolute atomic E-state index is 0.0555. The molecule has 0 saturated carbocycles. The third-order valence-electron chi connectivity index (χ3n) is 4.18. The van der Waals surface area contributed by atoms with Gasteiger partial charge >= 0.3 is 5.97 Å². The summed E-state index contributed by atoms with van der Waals surface area (Å²) in [5.74, 6) is -1.76. The Labute approximate surface area is 164 Å².